The van der Waals surface area contributed by atoms with Crippen LogP contribution in [0.2, 0.25) is 0 Å². The van der Waals surface area contributed by atoms with Gasteiger partial charge in [0, 0.05) is 24.1 Å². The highest BCUT2D eigenvalue weighted by atomic mass is 16.6. The molecule has 0 atom stereocenters. The molecule has 114 valence electrons. The highest BCUT2D eigenvalue weighted by molar-refractivity contribution is 5.86. The molecular formula is C18H25NO2. The first-order valence-corrected chi connectivity index (χ1v) is 7.47. The van der Waals surface area contributed by atoms with Gasteiger partial charge in [0.05, 0.1) is 6.42 Å². The minimum Gasteiger partial charge on any atom is -0.460 e. The Labute approximate surface area is 126 Å². The monoisotopic (exact) mass is 287 g/mol. The van der Waals surface area contributed by atoms with Crippen molar-refractivity contribution in [3.8, 4) is 0 Å². The third kappa shape index (κ3) is 3.66. The lowest BCUT2D eigenvalue weighted by atomic mass is 10.0. The van der Waals surface area contributed by atoms with Crippen molar-refractivity contribution in [3.05, 3.63) is 35.5 Å². The molecule has 1 aromatic carbocycles. The van der Waals surface area contributed by atoms with Gasteiger partial charge in [-0.05, 0) is 49.9 Å². The number of benzene rings is 1. The maximum Gasteiger partial charge on any atom is 0.310 e. The van der Waals surface area contributed by atoms with Gasteiger partial charge in [0.1, 0.15) is 5.60 Å². The summed E-state index contributed by atoms with van der Waals surface area (Å²) < 4.78 is 7.53. The van der Waals surface area contributed by atoms with Crippen molar-refractivity contribution in [2.45, 2.75) is 52.6 Å². The van der Waals surface area contributed by atoms with E-state index < -0.39 is 5.60 Å². The molecule has 0 saturated carbocycles. The van der Waals surface area contributed by atoms with Crippen LogP contribution in [0.3, 0.4) is 0 Å². The number of hydrogen-bond donors (Lipinski definition) is 0. The molecule has 3 heteroatoms. The van der Waals surface area contributed by atoms with E-state index in [-0.39, 0.29) is 5.97 Å². The fraction of sp³-hybridized carbons (Fsp3) is 0.500. The molecule has 1 heterocycles. The lowest BCUT2D eigenvalue weighted by Crippen LogP contribution is -2.24. The highest BCUT2D eigenvalue weighted by Gasteiger charge is 2.17. The number of carbonyl (C=O) groups is 1. The van der Waals surface area contributed by atoms with Gasteiger partial charge < -0.3 is 9.30 Å². The zero-order valence-electron chi connectivity index (χ0n) is 13.9. The first-order chi connectivity index (χ1) is 9.67. The molecule has 0 amide bonds. The first-order valence-electron chi connectivity index (χ1n) is 7.47. The Hall–Kier alpha value is -1.77. The summed E-state index contributed by atoms with van der Waals surface area (Å²) >= 11 is 0. The Morgan fingerprint density at radius 3 is 2.52 bits per heavy atom. The van der Waals surface area contributed by atoms with E-state index in [1.165, 1.54) is 16.5 Å². The molecule has 2 rings (SSSR count). The molecule has 21 heavy (non-hydrogen) atoms. The molecule has 3 nitrogen and oxygen atoms in total. The van der Waals surface area contributed by atoms with Crippen LogP contribution in [0.25, 0.3) is 10.9 Å². The maximum atomic E-state index is 12.0. The van der Waals surface area contributed by atoms with Gasteiger partial charge in [0.25, 0.3) is 0 Å². The van der Waals surface area contributed by atoms with E-state index in [4.69, 9.17) is 4.74 Å². The Balaban J connectivity index is 2.30. The predicted octanol–water partition coefficient (Wildman–Crippen LogP) is 4.19. The van der Waals surface area contributed by atoms with Crippen molar-refractivity contribution in [1.29, 1.82) is 0 Å². The average molecular weight is 287 g/mol. The van der Waals surface area contributed by atoms with Crippen LogP contribution in [0, 0.1) is 0 Å². The molecule has 0 bridgehead atoms. The number of aryl methyl sites for hydroxylation is 1. The van der Waals surface area contributed by atoms with Crippen molar-refractivity contribution >= 4 is 16.9 Å². The van der Waals surface area contributed by atoms with Crippen LogP contribution in [-0.4, -0.2) is 16.1 Å². The smallest absolute Gasteiger partial charge is 0.310 e. The van der Waals surface area contributed by atoms with Crippen LogP contribution in [0.4, 0.5) is 0 Å². The summed E-state index contributed by atoms with van der Waals surface area (Å²) in [6.07, 6.45) is 2.49. The number of rotatable bonds is 3. The fourth-order valence-corrected chi connectivity index (χ4v) is 2.58. The molecule has 2 aromatic rings. The number of esters is 1. The normalized spacial score (nSPS) is 12.1. The quantitative estimate of drug-likeness (QED) is 0.793. The highest BCUT2D eigenvalue weighted by Crippen LogP contribution is 2.28. The van der Waals surface area contributed by atoms with Gasteiger partial charge in [-0.3, -0.25) is 4.79 Å². The Kier molecular flexibility index (Phi) is 4.13. The van der Waals surface area contributed by atoms with Gasteiger partial charge in [-0.15, -0.1) is 0 Å². The van der Waals surface area contributed by atoms with E-state index in [0.717, 1.165) is 5.56 Å². The SMILES string of the molecule is CC(C)c1cn(C)c2ccc(CC(=O)OC(C)(C)C)cc12. The van der Waals surface area contributed by atoms with Crippen molar-refractivity contribution < 1.29 is 9.53 Å². The number of fused-ring (bicyclic) bond motifs is 1. The Morgan fingerprint density at radius 1 is 1.29 bits per heavy atom. The van der Waals surface area contributed by atoms with Crippen LogP contribution in [-0.2, 0) is 23.0 Å². The summed E-state index contributed by atoms with van der Waals surface area (Å²) in [5.74, 6) is 0.286. The Bertz CT molecular complexity index is 660. The van der Waals surface area contributed by atoms with Crippen LogP contribution < -0.4 is 0 Å². The number of ether oxygens (including phenoxy) is 1. The van der Waals surface area contributed by atoms with Crippen LogP contribution in [0.5, 0.6) is 0 Å². The molecule has 0 radical (unpaired) electrons. The number of carbonyl (C=O) groups excluding carboxylic acids is 1. The predicted molar refractivity (Wildman–Crippen MR) is 86.6 cm³/mol. The molecule has 0 aliphatic heterocycles. The molecule has 0 unspecified atom stereocenters. The molecule has 0 N–H and O–H groups in total. The number of aromatic nitrogens is 1. The molecule has 0 aliphatic rings. The average Bonchev–Trinajstić information content (AvgIpc) is 2.64. The summed E-state index contributed by atoms with van der Waals surface area (Å²) in [6, 6.07) is 6.21. The maximum absolute atomic E-state index is 12.0. The minimum absolute atomic E-state index is 0.177. The minimum atomic E-state index is -0.434. The lowest BCUT2D eigenvalue weighted by molar-refractivity contribution is -0.153. The Morgan fingerprint density at radius 2 is 1.95 bits per heavy atom. The molecule has 1 aromatic heterocycles. The van der Waals surface area contributed by atoms with Gasteiger partial charge >= 0.3 is 5.97 Å². The second-order valence-electron chi connectivity index (χ2n) is 6.96. The van der Waals surface area contributed by atoms with E-state index in [2.05, 4.69) is 43.8 Å². The summed E-state index contributed by atoms with van der Waals surface area (Å²) in [7, 11) is 2.06. The van der Waals surface area contributed by atoms with Crippen molar-refractivity contribution in [1.82, 2.24) is 4.57 Å². The summed E-state index contributed by atoms with van der Waals surface area (Å²) in [5, 5.41) is 1.23. The van der Waals surface area contributed by atoms with Gasteiger partial charge in [-0.2, -0.15) is 0 Å². The zero-order valence-corrected chi connectivity index (χ0v) is 13.9. The topological polar surface area (TPSA) is 31.2 Å². The van der Waals surface area contributed by atoms with Crippen LogP contribution in [0.1, 0.15) is 51.7 Å². The van der Waals surface area contributed by atoms with Crippen molar-refractivity contribution in [3.63, 3.8) is 0 Å². The van der Waals surface area contributed by atoms with Gasteiger partial charge in [0.2, 0.25) is 0 Å². The molecular weight excluding hydrogens is 262 g/mol. The van der Waals surface area contributed by atoms with E-state index in [1.807, 2.05) is 26.8 Å². The second-order valence-corrected chi connectivity index (χ2v) is 6.96. The second kappa shape index (κ2) is 5.55. The lowest BCUT2D eigenvalue weighted by Gasteiger charge is -2.19. The van der Waals surface area contributed by atoms with Gasteiger partial charge in [-0.25, -0.2) is 0 Å². The van der Waals surface area contributed by atoms with Gasteiger partial charge in [-0.1, -0.05) is 19.9 Å². The van der Waals surface area contributed by atoms with Crippen LogP contribution >= 0.6 is 0 Å². The standard InChI is InChI=1S/C18H25NO2/c1-12(2)15-11-19(6)16-8-7-13(9-14(15)16)10-17(20)21-18(3,4)5/h7-9,11-12H,10H2,1-6H3. The van der Waals surface area contributed by atoms with E-state index >= 15 is 0 Å². The number of hydrogen-bond acceptors (Lipinski definition) is 2. The zero-order chi connectivity index (χ0) is 15.8. The molecule has 0 spiro atoms. The largest absolute Gasteiger partial charge is 0.460 e. The van der Waals surface area contributed by atoms with E-state index in [9.17, 15) is 4.79 Å². The van der Waals surface area contributed by atoms with Crippen LogP contribution in [0.15, 0.2) is 24.4 Å². The summed E-state index contributed by atoms with van der Waals surface area (Å²) in [4.78, 5) is 12.0. The molecule has 0 aliphatic carbocycles. The van der Waals surface area contributed by atoms with Gasteiger partial charge in [0.15, 0.2) is 0 Å². The third-order valence-electron chi connectivity index (χ3n) is 3.48. The summed E-state index contributed by atoms with van der Waals surface area (Å²) in [5.41, 5.74) is 3.09. The number of nitrogens with zero attached hydrogens (tertiary/aromatic N) is 1. The summed E-state index contributed by atoms with van der Waals surface area (Å²) in [6.45, 7) is 10.1. The van der Waals surface area contributed by atoms with Crippen molar-refractivity contribution in [2.75, 3.05) is 0 Å². The molecule has 0 fully saturated rings. The van der Waals surface area contributed by atoms with Crippen molar-refractivity contribution in [2.24, 2.45) is 7.05 Å². The fourth-order valence-electron chi connectivity index (χ4n) is 2.58. The van der Waals surface area contributed by atoms with E-state index in [0.29, 0.717) is 12.3 Å². The first kappa shape index (κ1) is 15.6. The molecule has 0 saturated heterocycles. The van der Waals surface area contributed by atoms with E-state index in [1.54, 1.807) is 0 Å². The third-order valence-corrected chi connectivity index (χ3v) is 3.48.